The maximum atomic E-state index is 3.65. The molecule has 0 aliphatic carbocycles. The summed E-state index contributed by atoms with van der Waals surface area (Å²) in [5, 5.41) is 3.65. The van der Waals surface area contributed by atoms with Crippen LogP contribution in [0.2, 0.25) is 0 Å². The molecule has 0 heterocycles. The first-order chi connectivity index (χ1) is 6.34. The molecule has 2 heteroatoms. The number of nitrogens with zero attached hydrogens (tertiary/aromatic N) is 1. The van der Waals surface area contributed by atoms with Crippen molar-refractivity contribution in [1.82, 2.24) is 10.2 Å². The minimum Gasteiger partial charge on any atom is -0.312 e. The van der Waals surface area contributed by atoms with Gasteiger partial charge in [-0.2, -0.15) is 0 Å². The van der Waals surface area contributed by atoms with Crippen LogP contribution in [0.5, 0.6) is 0 Å². The summed E-state index contributed by atoms with van der Waals surface area (Å²) in [7, 11) is 4.31. The lowest BCUT2D eigenvalue weighted by atomic mass is 9.85. The fourth-order valence-electron chi connectivity index (χ4n) is 1.88. The molecule has 14 heavy (non-hydrogen) atoms. The van der Waals surface area contributed by atoms with Crippen LogP contribution in [-0.2, 0) is 0 Å². The number of nitrogens with one attached hydrogen (secondary N) is 1. The van der Waals surface area contributed by atoms with Crippen molar-refractivity contribution in [2.45, 2.75) is 52.6 Å². The molecule has 0 aliphatic heterocycles. The summed E-state index contributed by atoms with van der Waals surface area (Å²) in [6.45, 7) is 12.5. The lowest BCUT2D eigenvalue weighted by molar-refractivity contribution is 0.111. The molecule has 0 amide bonds. The normalized spacial score (nSPS) is 15.2. The topological polar surface area (TPSA) is 15.3 Å². The molecule has 0 aromatic carbocycles. The minimum atomic E-state index is 0.212. The molecule has 0 rings (SSSR count). The van der Waals surface area contributed by atoms with Crippen molar-refractivity contribution < 1.29 is 0 Å². The molecule has 1 atom stereocenters. The van der Waals surface area contributed by atoms with E-state index in [4.69, 9.17) is 0 Å². The molecule has 0 fully saturated rings. The Labute approximate surface area is 90.1 Å². The highest BCUT2D eigenvalue weighted by molar-refractivity contribution is 4.92. The number of likely N-dealkylation sites (N-methyl/N-ethyl adjacent to an activating group) is 1. The van der Waals surface area contributed by atoms with Gasteiger partial charge in [-0.15, -0.1) is 0 Å². The Kier molecular flexibility index (Phi) is 5.68. The molecule has 0 bridgehead atoms. The maximum Gasteiger partial charge on any atom is 0.0302 e. The van der Waals surface area contributed by atoms with Crippen molar-refractivity contribution in [1.29, 1.82) is 0 Å². The molecule has 0 spiro atoms. The van der Waals surface area contributed by atoms with Crippen molar-refractivity contribution in [2.75, 3.05) is 20.6 Å². The Morgan fingerprint density at radius 2 is 1.71 bits per heavy atom. The van der Waals surface area contributed by atoms with Gasteiger partial charge in [-0.05, 0) is 46.8 Å². The van der Waals surface area contributed by atoms with E-state index in [9.17, 15) is 0 Å². The van der Waals surface area contributed by atoms with E-state index >= 15 is 0 Å². The van der Waals surface area contributed by atoms with Crippen LogP contribution in [0.1, 0.15) is 41.0 Å². The maximum absolute atomic E-state index is 3.65. The van der Waals surface area contributed by atoms with Crippen LogP contribution in [0.15, 0.2) is 0 Å². The van der Waals surface area contributed by atoms with E-state index in [1.807, 2.05) is 0 Å². The zero-order valence-corrected chi connectivity index (χ0v) is 11.0. The fraction of sp³-hybridized carbons (Fsp3) is 1.00. The van der Waals surface area contributed by atoms with E-state index in [-0.39, 0.29) is 5.54 Å². The van der Waals surface area contributed by atoms with E-state index in [2.05, 4.69) is 58.9 Å². The first kappa shape index (κ1) is 13.9. The zero-order valence-electron chi connectivity index (χ0n) is 11.0. The van der Waals surface area contributed by atoms with Crippen molar-refractivity contribution in [3.63, 3.8) is 0 Å². The van der Waals surface area contributed by atoms with Crippen LogP contribution < -0.4 is 5.32 Å². The summed E-state index contributed by atoms with van der Waals surface area (Å²) in [5.41, 5.74) is 0.212. The van der Waals surface area contributed by atoms with Gasteiger partial charge in [0.2, 0.25) is 0 Å². The number of hydrogen-bond donors (Lipinski definition) is 1. The highest BCUT2D eigenvalue weighted by Gasteiger charge is 2.32. The highest BCUT2D eigenvalue weighted by atomic mass is 15.2. The molecular weight excluding hydrogens is 172 g/mol. The largest absolute Gasteiger partial charge is 0.312 e. The minimum absolute atomic E-state index is 0.212. The average molecular weight is 200 g/mol. The molecule has 0 radical (unpaired) electrons. The summed E-state index contributed by atoms with van der Waals surface area (Å²) in [4.78, 5) is 2.31. The number of rotatable bonds is 6. The van der Waals surface area contributed by atoms with Gasteiger partial charge in [0.1, 0.15) is 0 Å². The van der Waals surface area contributed by atoms with Crippen LogP contribution in [-0.4, -0.2) is 37.1 Å². The lowest BCUT2D eigenvalue weighted by Crippen LogP contribution is -2.57. The van der Waals surface area contributed by atoms with Gasteiger partial charge in [-0.1, -0.05) is 20.8 Å². The van der Waals surface area contributed by atoms with E-state index in [0.29, 0.717) is 12.0 Å². The Bertz CT molecular complexity index is 150. The summed E-state index contributed by atoms with van der Waals surface area (Å²) in [6, 6.07) is 0.553. The molecule has 86 valence electrons. The van der Waals surface area contributed by atoms with Gasteiger partial charge in [0.15, 0.2) is 0 Å². The molecule has 0 aromatic rings. The van der Waals surface area contributed by atoms with E-state index in [1.54, 1.807) is 0 Å². The smallest absolute Gasteiger partial charge is 0.0302 e. The van der Waals surface area contributed by atoms with Gasteiger partial charge < -0.3 is 10.2 Å². The average Bonchev–Trinajstić information content (AvgIpc) is 2.03. The predicted molar refractivity (Wildman–Crippen MR) is 64.7 cm³/mol. The summed E-state index contributed by atoms with van der Waals surface area (Å²) >= 11 is 0. The van der Waals surface area contributed by atoms with Crippen LogP contribution in [0.4, 0.5) is 0 Å². The summed E-state index contributed by atoms with van der Waals surface area (Å²) < 4.78 is 0. The molecule has 0 saturated carbocycles. The third-order valence-electron chi connectivity index (χ3n) is 3.19. The third kappa shape index (κ3) is 3.58. The Balaban J connectivity index is 4.47. The second kappa shape index (κ2) is 5.72. The fourth-order valence-corrected chi connectivity index (χ4v) is 1.88. The predicted octanol–water partition coefficient (Wildman–Crippen LogP) is 2.35. The number of hydrogen-bond acceptors (Lipinski definition) is 2. The van der Waals surface area contributed by atoms with Gasteiger partial charge in [0.25, 0.3) is 0 Å². The molecule has 1 N–H and O–H groups in total. The van der Waals surface area contributed by atoms with E-state index in [1.165, 1.54) is 6.42 Å². The monoisotopic (exact) mass is 200 g/mol. The SMILES string of the molecule is CCCNC(C(C)C)C(C)(C)N(C)C. The Morgan fingerprint density at radius 3 is 2.00 bits per heavy atom. The van der Waals surface area contributed by atoms with Crippen LogP contribution in [0, 0.1) is 5.92 Å². The molecule has 1 unspecified atom stereocenters. The molecule has 0 saturated heterocycles. The van der Waals surface area contributed by atoms with Crippen molar-refractivity contribution in [3.8, 4) is 0 Å². The quantitative estimate of drug-likeness (QED) is 0.708. The molecule has 0 aliphatic rings. The van der Waals surface area contributed by atoms with E-state index in [0.717, 1.165) is 6.54 Å². The Hall–Kier alpha value is -0.0800. The van der Waals surface area contributed by atoms with Crippen molar-refractivity contribution in [3.05, 3.63) is 0 Å². The first-order valence-electron chi connectivity index (χ1n) is 5.74. The van der Waals surface area contributed by atoms with Gasteiger partial charge in [-0.3, -0.25) is 0 Å². The summed E-state index contributed by atoms with van der Waals surface area (Å²) in [6.07, 6.45) is 1.20. The highest BCUT2D eigenvalue weighted by Crippen LogP contribution is 2.21. The Morgan fingerprint density at radius 1 is 1.21 bits per heavy atom. The van der Waals surface area contributed by atoms with E-state index < -0.39 is 0 Å². The standard InChI is InChI=1S/C12H28N2/c1-8-9-13-11(10(2)3)12(4,5)14(6)7/h10-11,13H,8-9H2,1-7H3. The third-order valence-corrected chi connectivity index (χ3v) is 3.19. The van der Waals surface area contributed by atoms with Gasteiger partial charge in [0, 0.05) is 11.6 Å². The summed E-state index contributed by atoms with van der Waals surface area (Å²) in [5.74, 6) is 0.666. The molecule has 0 aromatic heterocycles. The first-order valence-corrected chi connectivity index (χ1v) is 5.74. The second-order valence-electron chi connectivity index (χ2n) is 5.22. The van der Waals surface area contributed by atoms with Gasteiger partial charge in [0.05, 0.1) is 0 Å². The lowest BCUT2D eigenvalue weighted by Gasteiger charge is -2.43. The second-order valence-corrected chi connectivity index (χ2v) is 5.22. The molecule has 2 nitrogen and oxygen atoms in total. The van der Waals surface area contributed by atoms with Crippen molar-refractivity contribution >= 4 is 0 Å². The van der Waals surface area contributed by atoms with Crippen LogP contribution in [0.3, 0.4) is 0 Å². The van der Waals surface area contributed by atoms with Gasteiger partial charge >= 0.3 is 0 Å². The molecular formula is C12H28N2. The van der Waals surface area contributed by atoms with Crippen molar-refractivity contribution in [2.24, 2.45) is 5.92 Å². The van der Waals surface area contributed by atoms with Crippen LogP contribution >= 0.6 is 0 Å². The zero-order chi connectivity index (χ0) is 11.4. The van der Waals surface area contributed by atoms with Crippen LogP contribution in [0.25, 0.3) is 0 Å². The van der Waals surface area contributed by atoms with Gasteiger partial charge in [-0.25, -0.2) is 0 Å².